The molecular weight excluding hydrogens is 412 g/mol. The fraction of sp³-hybridized carbons (Fsp3) is 0.0769. The first kappa shape index (κ1) is 21.7. The normalized spacial score (nSPS) is 10.6. The predicted octanol–water partition coefficient (Wildman–Crippen LogP) is 5.23. The third kappa shape index (κ3) is 4.43. The fourth-order valence-corrected chi connectivity index (χ4v) is 3.63. The van der Waals surface area contributed by atoms with E-state index in [9.17, 15) is 0 Å². The molecule has 0 unspecified atom stereocenters. The number of rotatable bonds is 6. The second-order valence-corrected chi connectivity index (χ2v) is 7.71. The standard InChI is InChI=1S/C26H28N6O/c1-31-23-11-15(3-7-19(23)27)17-5-9-21(29)25(13-17)33-26-14-18(6-10-22(26)30)16-4-8-20(28)24(12-16)32-2/h3-14,31-32H,27-30H2,1-2H3. The van der Waals surface area contributed by atoms with E-state index >= 15 is 0 Å². The van der Waals surface area contributed by atoms with Gasteiger partial charge in [0.25, 0.3) is 0 Å². The van der Waals surface area contributed by atoms with Crippen LogP contribution in [0.5, 0.6) is 11.5 Å². The molecule has 10 N–H and O–H groups in total. The zero-order valence-corrected chi connectivity index (χ0v) is 18.6. The van der Waals surface area contributed by atoms with Gasteiger partial charge in [0.15, 0.2) is 11.5 Å². The summed E-state index contributed by atoms with van der Waals surface area (Å²) in [6.07, 6.45) is 0. The van der Waals surface area contributed by atoms with Gasteiger partial charge in [-0.05, 0) is 70.8 Å². The Morgan fingerprint density at radius 1 is 0.485 bits per heavy atom. The van der Waals surface area contributed by atoms with Crippen LogP contribution in [0.2, 0.25) is 0 Å². The van der Waals surface area contributed by atoms with E-state index in [2.05, 4.69) is 10.6 Å². The van der Waals surface area contributed by atoms with Crippen molar-refractivity contribution in [2.24, 2.45) is 0 Å². The van der Waals surface area contributed by atoms with Gasteiger partial charge in [-0.2, -0.15) is 0 Å². The summed E-state index contributed by atoms with van der Waals surface area (Å²) in [5.41, 5.74) is 32.4. The summed E-state index contributed by atoms with van der Waals surface area (Å²) in [6, 6.07) is 22.9. The van der Waals surface area contributed by atoms with E-state index in [1.165, 1.54) is 0 Å². The highest BCUT2D eigenvalue weighted by Crippen LogP contribution is 2.38. The van der Waals surface area contributed by atoms with Crippen molar-refractivity contribution < 1.29 is 4.74 Å². The van der Waals surface area contributed by atoms with Gasteiger partial charge in [-0.15, -0.1) is 0 Å². The maximum absolute atomic E-state index is 6.23. The molecule has 0 bridgehead atoms. The topological polar surface area (TPSA) is 137 Å². The molecule has 0 heterocycles. The Labute approximate surface area is 193 Å². The van der Waals surface area contributed by atoms with Crippen molar-refractivity contribution in [1.82, 2.24) is 0 Å². The Morgan fingerprint density at radius 2 is 0.818 bits per heavy atom. The van der Waals surface area contributed by atoms with E-state index in [4.69, 9.17) is 27.7 Å². The van der Waals surface area contributed by atoms with Gasteiger partial charge >= 0.3 is 0 Å². The van der Waals surface area contributed by atoms with E-state index in [1.54, 1.807) is 0 Å². The predicted molar refractivity (Wildman–Crippen MR) is 141 cm³/mol. The molecule has 0 fully saturated rings. The molecule has 4 aromatic carbocycles. The summed E-state index contributed by atoms with van der Waals surface area (Å²) in [7, 11) is 3.67. The lowest BCUT2D eigenvalue weighted by Crippen LogP contribution is -1.98. The van der Waals surface area contributed by atoms with Gasteiger partial charge in [0.2, 0.25) is 0 Å². The molecular formula is C26H28N6O. The van der Waals surface area contributed by atoms with Gasteiger partial charge in [0.05, 0.1) is 34.1 Å². The van der Waals surface area contributed by atoms with E-state index < -0.39 is 0 Å². The number of benzene rings is 4. The Balaban J connectivity index is 1.69. The lowest BCUT2D eigenvalue weighted by atomic mass is 10.0. The molecule has 0 aromatic heterocycles. The number of hydrogen-bond donors (Lipinski definition) is 6. The van der Waals surface area contributed by atoms with Crippen LogP contribution in [0, 0.1) is 0 Å². The number of nitrogens with one attached hydrogen (secondary N) is 2. The lowest BCUT2D eigenvalue weighted by Gasteiger charge is -2.15. The van der Waals surface area contributed by atoms with E-state index in [-0.39, 0.29) is 0 Å². The Kier molecular flexibility index (Phi) is 5.87. The molecule has 4 rings (SSSR count). The smallest absolute Gasteiger partial charge is 0.151 e. The van der Waals surface area contributed by atoms with Crippen molar-refractivity contribution in [3.63, 3.8) is 0 Å². The number of hydrogen-bond acceptors (Lipinski definition) is 7. The van der Waals surface area contributed by atoms with Gasteiger partial charge in [-0.3, -0.25) is 0 Å². The third-order valence-corrected chi connectivity index (χ3v) is 5.56. The highest BCUT2D eigenvalue weighted by molar-refractivity contribution is 5.80. The average molecular weight is 441 g/mol. The van der Waals surface area contributed by atoms with E-state index in [0.717, 1.165) is 33.6 Å². The van der Waals surface area contributed by atoms with Crippen LogP contribution in [0.3, 0.4) is 0 Å². The molecule has 33 heavy (non-hydrogen) atoms. The van der Waals surface area contributed by atoms with Crippen LogP contribution in [-0.4, -0.2) is 14.1 Å². The molecule has 0 saturated heterocycles. The molecule has 0 radical (unpaired) electrons. The molecule has 0 spiro atoms. The molecule has 0 aliphatic heterocycles. The minimum Gasteiger partial charge on any atom is -0.453 e. The zero-order chi connectivity index (χ0) is 23.5. The van der Waals surface area contributed by atoms with Crippen LogP contribution in [0.1, 0.15) is 0 Å². The SMILES string of the molecule is CNc1cc(-c2ccc(N)c(Oc3cc(-c4ccc(N)c(NC)c4)ccc3N)c2)ccc1N. The Morgan fingerprint density at radius 3 is 1.18 bits per heavy atom. The number of nitrogens with two attached hydrogens (primary N) is 4. The number of nitrogen functional groups attached to an aromatic ring is 4. The first-order chi connectivity index (χ1) is 15.9. The molecule has 0 aliphatic carbocycles. The number of ether oxygens (including phenoxy) is 1. The highest BCUT2D eigenvalue weighted by atomic mass is 16.5. The van der Waals surface area contributed by atoms with E-state index in [1.807, 2.05) is 86.9 Å². The van der Waals surface area contributed by atoms with Crippen molar-refractivity contribution in [2.75, 3.05) is 47.7 Å². The largest absolute Gasteiger partial charge is 0.453 e. The van der Waals surface area contributed by atoms with Crippen LogP contribution in [-0.2, 0) is 0 Å². The van der Waals surface area contributed by atoms with Gasteiger partial charge in [0, 0.05) is 14.1 Å². The zero-order valence-electron chi connectivity index (χ0n) is 18.6. The molecule has 168 valence electrons. The van der Waals surface area contributed by atoms with Gasteiger partial charge < -0.3 is 38.3 Å². The van der Waals surface area contributed by atoms with Gasteiger partial charge in [-0.25, -0.2) is 0 Å². The number of anilines is 6. The maximum atomic E-state index is 6.23. The molecule has 4 aromatic rings. The molecule has 7 nitrogen and oxygen atoms in total. The Bertz CT molecular complexity index is 1220. The van der Waals surface area contributed by atoms with Crippen LogP contribution in [0.4, 0.5) is 34.1 Å². The second kappa shape index (κ2) is 8.92. The summed E-state index contributed by atoms with van der Waals surface area (Å²) < 4.78 is 6.19. The molecule has 0 amide bonds. The quantitative estimate of drug-likeness (QED) is 0.226. The van der Waals surface area contributed by atoms with Crippen molar-refractivity contribution >= 4 is 34.1 Å². The summed E-state index contributed by atoms with van der Waals surface area (Å²) >= 11 is 0. The molecule has 0 atom stereocenters. The summed E-state index contributed by atoms with van der Waals surface area (Å²) in [4.78, 5) is 0. The Hall–Kier alpha value is -4.52. The molecule has 0 aliphatic rings. The average Bonchev–Trinajstić information content (AvgIpc) is 2.82. The third-order valence-electron chi connectivity index (χ3n) is 5.56. The van der Waals surface area contributed by atoms with Crippen LogP contribution in [0.25, 0.3) is 22.3 Å². The van der Waals surface area contributed by atoms with Crippen LogP contribution in [0.15, 0.2) is 72.8 Å². The van der Waals surface area contributed by atoms with Crippen molar-refractivity contribution in [1.29, 1.82) is 0 Å². The maximum Gasteiger partial charge on any atom is 0.151 e. The first-order valence-corrected chi connectivity index (χ1v) is 10.5. The van der Waals surface area contributed by atoms with Gasteiger partial charge in [-0.1, -0.05) is 24.3 Å². The second-order valence-electron chi connectivity index (χ2n) is 7.71. The molecule has 0 saturated carbocycles. The minimum absolute atomic E-state index is 0.512. The fourth-order valence-electron chi connectivity index (χ4n) is 3.63. The molecule has 7 heteroatoms. The van der Waals surface area contributed by atoms with Crippen molar-refractivity contribution in [3.8, 4) is 33.8 Å². The monoisotopic (exact) mass is 440 g/mol. The summed E-state index contributed by atoms with van der Waals surface area (Å²) in [5.74, 6) is 1.04. The van der Waals surface area contributed by atoms with Gasteiger partial charge in [0.1, 0.15) is 0 Å². The summed E-state index contributed by atoms with van der Waals surface area (Å²) in [5, 5.41) is 6.20. The summed E-state index contributed by atoms with van der Waals surface area (Å²) in [6.45, 7) is 0. The van der Waals surface area contributed by atoms with E-state index in [0.29, 0.717) is 34.2 Å². The minimum atomic E-state index is 0.512. The highest BCUT2D eigenvalue weighted by Gasteiger charge is 2.11. The van der Waals surface area contributed by atoms with Crippen LogP contribution < -0.4 is 38.3 Å². The van der Waals surface area contributed by atoms with Crippen molar-refractivity contribution in [2.45, 2.75) is 0 Å². The first-order valence-electron chi connectivity index (χ1n) is 10.5. The lowest BCUT2D eigenvalue weighted by molar-refractivity contribution is 0.488. The van der Waals surface area contributed by atoms with Crippen LogP contribution >= 0.6 is 0 Å². The van der Waals surface area contributed by atoms with Crippen molar-refractivity contribution in [3.05, 3.63) is 72.8 Å².